The average Bonchev–Trinajstić information content (AvgIpc) is 3.59. The number of hydrogen-bond acceptors (Lipinski definition) is 7. The molecule has 0 aliphatic carbocycles. The molecule has 2 saturated heterocycles. The number of aliphatic imine (C=N–C) groups is 1. The Bertz CT molecular complexity index is 1850. The Morgan fingerprint density at radius 1 is 0.818 bits per heavy atom. The predicted molar refractivity (Wildman–Crippen MR) is 216 cm³/mol. The molecule has 2 unspecified atom stereocenters. The Morgan fingerprint density at radius 2 is 1.42 bits per heavy atom. The van der Waals surface area contributed by atoms with Gasteiger partial charge < -0.3 is 24.2 Å². The van der Waals surface area contributed by atoms with E-state index in [4.69, 9.17) is 37.7 Å². The summed E-state index contributed by atoms with van der Waals surface area (Å²) in [7, 11) is 0. The van der Waals surface area contributed by atoms with Gasteiger partial charge in [-0.15, -0.1) is 0 Å². The molecule has 3 aliphatic heterocycles. The summed E-state index contributed by atoms with van der Waals surface area (Å²) in [4.78, 5) is 56.7. The van der Waals surface area contributed by atoms with Gasteiger partial charge in [0.05, 0.1) is 43.4 Å². The second kappa shape index (κ2) is 17.7. The lowest BCUT2D eigenvalue weighted by atomic mass is 9.82. The molecule has 3 aliphatic rings. The number of carbonyl (C=O) groups is 3. The molecule has 294 valence electrons. The first-order chi connectivity index (χ1) is 26.5. The maximum Gasteiger partial charge on any atom is 0.326 e. The van der Waals surface area contributed by atoms with E-state index in [0.29, 0.717) is 106 Å². The third-order valence-corrected chi connectivity index (χ3v) is 11.4. The van der Waals surface area contributed by atoms with Crippen molar-refractivity contribution in [2.45, 2.75) is 52.1 Å². The number of likely N-dealkylation sites (N-methyl/N-ethyl adjacent to an activating group) is 1. The molecule has 0 saturated carbocycles. The summed E-state index contributed by atoms with van der Waals surface area (Å²) in [6.45, 7) is 16.0. The molecule has 4 amide bonds. The van der Waals surface area contributed by atoms with Gasteiger partial charge in [0.15, 0.2) is 0 Å². The molecular weight excluding hydrogens is 739 g/mol. The van der Waals surface area contributed by atoms with Crippen molar-refractivity contribution in [3.63, 3.8) is 0 Å². The van der Waals surface area contributed by atoms with Crippen molar-refractivity contribution < 1.29 is 23.9 Å². The number of piperazine rings is 1. The molecule has 55 heavy (non-hydrogen) atoms. The number of urea groups is 1. The predicted octanol–water partition coefficient (Wildman–Crippen LogP) is 6.68. The van der Waals surface area contributed by atoms with Gasteiger partial charge in [-0.3, -0.25) is 24.4 Å². The topological polar surface area (TPSA) is 98.2 Å². The van der Waals surface area contributed by atoms with Gasteiger partial charge in [-0.25, -0.2) is 4.79 Å². The highest BCUT2D eigenvalue weighted by atomic mass is 35.5. The monoisotopic (exact) mass is 790 g/mol. The van der Waals surface area contributed by atoms with E-state index in [1.54, 1.807) is 4.90 Å². The van der Waals surface area contributed by atoms with Gasteiger partial charge in [0.25, 0.3) is 0 Å². The van der Waals surface area contributed by atoms with Gasteiger partial charge in [-0.2, -0.15) is 0 Å². The van der Waals surface area contributed by atoms with Crippen LogP contribution in [0.25, 0.3) is 0 Å². The molecule has 0 N–H and O–H groups in total. The van der Waals surface area contributed by atoms with Crippen molar-refractivity contribution in [1.82, 2.24) is 24.5 Å². The van der Waals surface area contributed by atoms with Crippen LogP contribution in [0.1, 0.15) is 69.0 Å². The van der Waals surface area contributed by atoms with Gasteiger partial charge in [0, 0.05) is 62.4 Å². The number of benzene rings is 3. The third-order valence-electron chi connectivity index (χ3n) is 10.9. The van der Waals surface area contributed by atoms with E-state index in [9.17, 15) is 9.59 Å². The quantitative estimate of drug-likeness (QED) is 0.215. The summed E-state index contributed by atoms with van der Waals surface area (Å²) in [5.41, 5.74) is 2.38. The Hall–Kier alpha value is -4.16. The first-order valence-electron chi connectivity index (χ1n) is 19.3. The second-order valence-electron chi connectivity index (χ2n) is 14.6. The van der Waals surface area contributed by atoms with Crippen LogP contribution in [-0.4, -0.2) is 127 Å². The van der Waals surface area contributed by atoms with Crippen molar-refractivity contribution >= 4 is 46.9 Å². The molecule has 0 spiro atoms. The number of amides is 4. The summed E-state index contributed by atoms with van der Waals surface area (Å²) in [5.74, 6) is 1.12. The number of rotatable bonds is 11. The van der Waals surface area contributed by atoms with Gasteiger partial charge in [0.2, 0.25) is 11.8 Å². The maximum absolute atomic E-state index is 15.1. The Morgan fingerprint density at radius 3 is 2.00 bits per heavy atom. The zero-order chi connectivity index (χ0) is 39.3. The molecule has 3 aromatic carbocycles. The molecule has 2 atom stereocenters. The number of halogens is 2. The van der Waals surface area contributed by atoms with Crippen LogP contribution in [0.2, 0.25) is 10.0 Å². The van der Waals surface area contributed by atoms with E-state index < -0.39 is 17.5 Å². The smallest absolute Gasteiger partial charge is 0.326 e. The molecule has 0 bridgehead atoms. The molecule has 3 aromatic rings. The minimum Gasteiger partial charge on any atom is -0.493 e. The minimum atomic E-state index is -0.829. The Labute approximate surface area is 334 Å². The summed E-state index contributed by atoms with van der Waals surface area (Å²) < 4.78 is 11.7. The summed E-state index contributed by atoms with van der Waals surface area (Å²) in [6, 6.07) is 19.7. The van der Waals surface area contributed by atoms with Crippen LogP contribution in [0.3, 0.4) is 0 Å². The standard InChI is InChI=1S/C42H52Cl2N6O5/c1-6-47(7-2)40(52)42(4,5)31-13-18-34(35(27-31)55-8-3)39-45-37(29-9-14-32(43)15-10-29)38(30-11-16-33(44)17-12-30)50(39)41(53)49-21-19-46(20-22-49)28-36(51)48-23-25-54-26-24-48/h9-18,27,37-38H,6-8,19-26,28H2,1-5H3. The molecule has 6 rings (SSSR count). The van der Waals surface area contributed by atoms with Crippen LogP contribution in [-0.2, 0) is 19.7 Å². The van der Waals surface area contributed by atoms with E-state index in [0.717, 1.165) is 16.7 Å². The summed E-state index contributed by atoms with van der Waals surface area (Å²) in [6.07, 6.45) is 0. The van der Waals surface area contributed by atoms with Crippen molar-refractivity contribution in [3.8, 4) is 5.75 Å². The van der Waals surface area contributed by atoms with E-state index in [-0.39, 0.29) is 17.8 Å². The fourth-order valence-corrected chi connectivity index (χ4v) is 7.86. The third kappa shape index (κ3) is 8.80. The van der Waals surface area contributed by atoms with Gasteiger partial charge in [0.1, 0.15) is 17.6 Å². The van der Waals surface area contributed by atoms with Crippen LogP contribution in [0, 0.1) is 0 Å². The lowest BCUT2D eigenvalue weighted by Crippen LogP contribution is -2.56. The summed E-state index contributed by atoms with van der Waals surface area (Å²) in [5, 5.41) is 1.19. The van der Waals surface area contributed by atoms with E-state index in [2.05, 4.69) is 4.90 Å². The zero-order valence-electron chi connectivity index (χ0n) is 32.5. The van der Waals surface area contributed by atoms with Gasteiger partial charge in [-0.05, 0) is 87.7 Å². The van der Waals surface area contributed by atoms with Crippen LogP contribution >= 0.6 is 23.2 Å². The maximum atomic E-state index is 15.1. The fourth-order valence-electron chi connectivity index (χ4n) is 7.61. The van der Waals surface area contributed by atoms with Crippen LogP contribution in [0.15, 0.2) is 71.7 Å². The highest BCUT2D eigenvalue weighted by Gasteiger charge is 2.45. The van der Waals surface area contributed by atoms with Crippen LogP contribution < -0.4 is 4.74 Å². The number of amidine groups is 1. The highest BCUT2D eigenvalue weighted by molar-refractivity contribution is 6.30. The Kier molecular flexibility index (Phi) is 13.1. The SMILES string of the molecule is CCOc1cc(C(C)(C)C(=O)N(CC)CC)ccc1C1=NC(c2ccc(Cl)cc2)C(c2ccc(Cl)cc2)N1C(=O)N1CCN(CC(=O)N2CCOCC2)CC1. The highest BCUT2D eigenvalue weighted by Crippen LogP contribution is 2.46. The lowest BCUT2D eigenvalue weighted by Gasteiger charge is -2.39. The summed E-state index contributed by atoms with van der Waals surface area (Å²) >= 11 is 12.7. The number of nitrogens with zero attached hydrogens (tertiary/aromatic N) is 6. The molecule has 2 fully saturated rings. The van der Waals surface area contributed by atoms with Gasteiger partial charge in [-0.1, -0.05) is 53.5 Å². The molecule has 13 heteroatoms. The lowest BCUT2D eigenvalue weighted by molar-refractivity contribution is -0.137. The van der Waals surface area contributed by atoms with E-state index >= 15 is 4.79 Å². The first-order valence-corrected chi connectivity index (χ1v) is 20.0. The van der Waals surface area contributed by atoms with E-state index in [1.807, 2.05) is 116 Å². The van der Waals surface area contributed by atoms with Crippen LogP contribution in [0.4, 0.5) is 4.79 Å². The normalized spacial score (nSPS) is 19.3. The van der Waals surface area contributed by atoms with Crippen molar-refractivity contribution in [1.29, 1.82) is 0 Å². The fraction of sp³-hybridized carbons (Fsp3) is 0.476. The number of morpholine rings is 1. The van der Waals surface area contributed by atoms with Crippen LogP contribution in [0.5, 0.6) is 5.75 Å². The number of hydrogen-bond donors (Lipinski definition) is 0. The molecular formula is C42H52Cl2N6O5. The minimum absolute atomic E-state index is 0.0269. The molecule has 0 radical (unpaired) electrons. The molecule has 3 heterocycles. The average molecular weight is 792 g/mol. The van der Waals surface area contributed by atoms with Crippen molar-refractivity contribution in [3.05, 3.63) is 99.0 Å². The van der Waals surface area contributed by atoms with Crippen molar-refractivity contribution in [2.24, 2.45) is 4.99 Å². The van der Waals surface area contributed by atoms with Gasteiger partial charge >= 0.3 is 6.03 Å². The molecule has 11 nitrogen and oxygen atoms in total. The largest absolute Gasteiger partial charge is 0.493 e. The zero-order valence-corrected chi connectivity index (χ0v) is 34.0. The van der Waals surface area contributed by atoms with E-state index in [1.165, 1.54) is 0 Å². The number of ether oxygens (including phenoxy) is 2. The second-order valence-corrected chi connectivity index (χ2v) is 15.5. The van der Waals surface area contributed by atoms with Crippen molar-refractivity contribution in [2.75, 3.05) is 78.7 Å². The Balaban J connectivity index is 1.39. The number of carbonyl (C=O) groups excluding carboxylic acids is 3. The first kappa shape index (κ1) is 40.5. The molecule has 0 aromatic heterocycles.